The summed E-state index contributed by atoms with van der Waals surface area (Å²) >= 11 is 0. The molecule has 5 N–H and O–H groups in total. The Morgan fingerprint density at radius 2 is 2.00 bits per heavy atom. The zero-order valence-electron chi connectivity index (χ0n) is 15.8. The van der Waals surface area contributed by atoms with Crippen molar-refractivity contribution < 1.29 is 29.7 Å². The minimum Gasteiger partial charge on any atom is -0.394 e. The first-order valence-corrected chi connectivity index (χ1v) is 9.06. The molecule has 1 aromatic carbocycles. The SMILES string of the molecule is C[C@@]1(O)C(O)C(CO)OC1n1cc(C#Cc2ccc(F)cc2)c2c(NO)ncnc21. The van der Waals surface area contributed by atoms with E-state index in [1.165, 1.54) is 42.1 Å². The van der Waals surface area contributed by atoms with Gasteiger partial charge in [-0.15, -0.1) is 0 Å². The average Bonchev–Trinajstić information content (AvgIpc) is 3.22. The van der Waals surface area contributed by atoms with Gasteiger partial charge >= 0.3 is 0 Å². The van der Waals surface area contributed by atoms with Gasteiger partial charge in [-0.1, -0.05) is 11.8 Å². The van der Waals surface area contributed by atoms with E-state index in [9.17, 15) is 24.9 Å². The number of hydrogen-bond donors (Lipinski definition) is 5. The third kappa shape index (κ3) is 3.28. The summed E-state index contributed by atoms with van der Waals surface area (Å²) in [6.45, 7) is 0.906. The van der Waals surface area contributed by atoms with E-state index in [1.54, 1.807) is 6.20 Å². The van der Waals surface area contributed by atoms with Gasteiger partial charge in [0.15, 0.2) is 12.0 Å². The number of nitrogens with one attached hydrogen (secondary N) is 1. The fourth-order valence-electron chi connectivity index (χ4n) is 3.51. The van der Waals surface area contributed by atoms with Crippen LogP contribution in [-0.2, 0) is 4.74 Å². The van der Waals surface area contributed by atoms with Gasteiger partial charge in [0.05, 0.1) is 17.6 Å². The summed E-state index contributed by atoms with van der Waals surface area (Å²) in [6, 6.07) is 5.63. The van der Waals surface area contributed by atoms with E-state index in [4.69, 9.17) is 4.74 Å². The lowest BCUT2D eigenvalue weighted by molar-refractivity contribution is -0.0948. The molecule has 0 amide bonds. The molecule has 9 nitrogen and oxygen atoms in total. The Kier molecular flexibility index (Phi) is 5.15. The Morgan fingerprint density at radius 1 is 1.27 bits per heavy atom. The molecule has 0 radical (unpaired) electrons. The monoisotopic (exact) mass is 414 g/mol. The number of aromatic nitrogens is 3. The second-order valence-electron chi connectivity index (χ2n) is 7.12. The van der Waals surface area contributed by atoms with Crippen molar-refractivity contribution in [2.24, 2.45) is 0 Å². The van der Waals surface area contributed by atoms with Crippen LogP contribution < -0.4 is 5.48 Å². The molecule has 0 aliphatic carbocycles. The number of halogens is 1. The molecule has 0 saturated carbocycles. The molecule has 2 aromatic heterocycles. The third-order valence-corrected chi connectivity index (χ3v) is 5.09. The molecular weight excluding hydrogens is 395 g/mol. The van der Waals surface area contributed by atoms with Crippen molar-refractivity contribution in [2.45, 2.75) is 31.0 Å². The highest BCUT2D eigenvalue weighted by molar-refractivity contribution is 5.93. The van der Waals surface area contributed by atoms with Crippen LogP contribution in [0.2, 0.25) is 0 Å². The van der Waals surface area contributed by atoms with E-state index in [0.717, 1.165) is 0 Å². The molecule has 3 heterocycles. The van der Waals surface area contributed by atoms with Gasteiger partial charge in [0.1, 0.15) is 35.6 Å². The molecule has 1 saturated heterocycles. The van der Waals surface area contributed by atoms with Gasteiger partial charge in [0.2, 0.25) is 0 Å². The molecule has 3 unspecified atom stereocenters. The zero-order chi connectivity index (χ0) is 21.5. The fourth-order valence-corrected chi connectivity index (χ4v) is 3.51. The second kappa shape index (κ2) is 7.64. The van der Waals surface area contributed by atoms with E-state index in [2.05, 4.69) is 21.8 Å². The summed E-state index contributed by atoms with van der Waals surface area (Å²) in [4.78, 5) is 8.19. The standard InChI is InChI=1S/C20H19FN4O5/c1-20(28)16(27)14(9-26)30-19(20)25-8-12(5-2-11-3-6-13(21)7-4-11)15-17(24-29)22-10-23-18(15)25/h3-4,6-8,10,14,16,19,26-29H,9H2,1H3,(H,22,23,24)/t14?,16?,19?,20-/m1/s1. The number of aliphatic hydroxyl groups excluding tert-OH is 2. The number of ether oxygens (including phenoxy) is 1. The molecule has 1 aliphatic heterocycles. The van der Waals surface area contributed by atoms with Crippen LogP contribution in [0.25, 0.3) is 11.0 Å². The molecule has 3 aromatic rings. The van der Waals surface area contributed by atoms with Crippen molar-refractivity contribution in [2.75, 3.05) is 12.1 Å². The zero-order valence-corrected chi connectivity index (χ0v) is 15.8. The summed E-state index contributed by atoms with van der Waals surface area (Å²) < 4.78 is 20.3. The molecule has 1 fully saturated rings. The number of fused-ring (bicyclic) bond motifs is 1. The Morgan fingerprint density at radius 3 is 2.63 bits per heavy atom. The van der Waals surface area contributed by atoms with Crippen molar-refractivity contribution in [3.63, 3.8) is 0 Å². The van der Waals surface area contributed by atoms with Crippen molar-refractivity contribution in [3.05, 3.63) is 53.7 Å². The fraction of sp³-hybridized carbons (Fsp3) is 0.300. The smallest absolute Gasteiger partial charge is 0.167 e. The topological polar surface area (TPSA) is 133 Å². The number of aliphatic hydroxyl groups is 3. The molecular formula is C20H19FN4O5. The van der Waals surface area contributed by atoms with Crippen molar-refractivity contribution in [3.8, 4) is 11.8 Å². The Hall–Kier alpha value is -3.07. The van der Waals surface area contributed by atoms with E-state index in [1.807, 2.05) is 5.48 Å². The number of anilines is 1. The first-order chi connectivity index (χ1) is 14.4. The summed E-state index contributed by atoms with van der Waals surface area (Å²) in [5, 5.41) is 40.4. The maximum Gasteiger partial charge on any atom is 0.167 e. The van der Waals surface area contributed by atoms with Crippen molar-refractivity contribution in [1.82, 2.24) is 14.5 Å². The maximum atomic E-state index is 13.1. The van der Waals surface area contributed by atoms with Crippen molar-refractivity contribution >= 4 is 16.9 Å². The van der Waals surface area contributed by atoms with Crippen LogP contribution in [0.3, 0.4) is 0 Å². The van der Waals surface area contributed by atoms with E-state index < -0.39 is 30.6 Å². The second-order valence-corrected chi connectivity index (χ2v) is 7.12. The number of benzene rings is 1. The van der Waals surface area contributed by atoms with Gasteiger partial charge in [0, 0.05) is 11.8 Å². The highest BCUT2D eigenvalue weighted by Crippen LogP contribution is 2.40. The summed E-state index contributed by atoms with van der Waals surface area (Å²) in [5.41, 5.74) is 1.49. The van der Waals surface area contributed by atoms with Gasteiger partial charge in [0.25, 0.3) is 0 Å². The lowest BCUT2D eigenvalue weighted by Crippen LogP contribution is -2.44. The van der Waals surface area contributed by atoms with Crippen LogP contribution in [0.15, 0.2) is 36.8 Å². The quantitative estimate of drug-likeness (QED) is 0.314. The molecule has 1 aliphatic rings. The predicted octanol–water partition coefficient (Wildman–Crippen LogP) is 0.773. The minimum absolute atomic E-state index is 0.0825. The van der Waals surface area contributed by atoms with Crippen molar-refractivity contribution in [1.29, 1.82) is 0 Å². The van der Waals surface area contributed by atoms with E-state index >= 15 is 0 Å². The highest BCUT2D eigenvalue weighted by atomic mass is 19.1. The van der Waals surface area contributed by atoms with Crippen LogP contribution in [0, 0.1) is 17.7 Å². The molecule has 10 heteroatoms. The van der Waals surface area contributed by atoms with E-state index in [0.29, 0.717) is 16.5 Å². The largest absolute Gasteiger partial charge is 0.394 e. The Bertz CT molecular complexity index is 1140. The molecule has 4 atom stereocenters. The highest BCUT2D eigenvalue weighted by Gasteiger charge is 2.53. The van der Waals surface area contributed by atoms with Crippen LogP contribution in [-0.4, -0.2) is 59.5 Å². The Balaban J connectivity index is 1.86. The van der Waals surface area contributed by atoms with Gasteiger partial charge in [-0.25, -0.2) is 14.4 Å². The lowest BCUT2D eigenvalue weighted by atomic mass is 9.96. The molecule has 4 rings (SSSR count). The molecule has 0 bridgehead atoms. The minimum atomic E-state index is -1.74. The number of hydrogen-bond acceptors (Lipinski definition) is 8. The molecule has 30 heavy (non-hydrogen) atoms. The van der Waals surface area contributed by atoms with Crippen LogP contribution in [0.4, 0.5) is 10.2 Å². The van der Waals surface area contributed by atoms with Gasteiger partial charge in [-0.05, 0) is 31.2 Å². The summed E-state index contributed by atoms with van der Waals surface area (Å²) in [6.07, 6.45) is -0.667. The third-order valence-electron chi connectivity index (χ3n) is 5.09. The summed E-state index contributed by atoms with van der Waals surface area (Å²) in [7, 11) is 0. The van der Waals surface area contributed by atoms with Gasteiger partial charge in [-0.2, -0.15) is 0 Å². The first-order valence-electron chi connectivity index (χ1n) is 9.06. The Labute approximate surface area is 170 Å². The summed E-state index contributed by atoms with van der Waals surface area (Å²) in [5.74, 6) is 5.53. The molecule has 156 valence electrons. The van der Waals surface area contributed by atoms with Crippen LogP contribution >= 0.6 is 0 Å². The first kappa shape index (κ1) is 20.2. The number of nitrogens with zero attached hydrogens (tertiary/aromatic N) is 3. The average molecular weight is 414 g/mol. The molecule has 0 spiro atoms. The van der Waals surface area contributed by atoms with Crippen LogP contribution in [0.5, 0.6) is 0 Å². The van der Waals surface area contributed by atoms with Gasteiger partial charge < -0.3 is 24.6 Å². The lowest BCUT2D eigenvalue weighted by Gasteiger charge is -2.27. The normalized spacial score (nSPS) is 25.9. The maximum absolute atomic E-state index is 13.1. The predicted molar refractivity (Wildman–Crippen MR) is 103 cm³/mol. The van der Waals surface area contributed by atoms with E-state index in [-0.39, 0.29) is 17.3 Å². The van der Waals surface area contributed by atoms with Crippen LogP contribution in [0.1, 0.15) is 24.3 Å². The number of rotatable bonds is 3. The van der Waals surface area contributed by atoms with Gasteiger partial charge in [-0.3, -0.25) is 10.7 Å².